The Labute approximate surface area is 117 Å². The zero-order chi connectivity index (χ0) is 13.2. The van der Waals surface area contributed by atoms with Crippen molar-refractivity contribution in [3.63, 3.8) is 0 Å². The molecule has 1 rings (SSSR count). The van der Waals surface area contributed by atoms with Gasteiger partial charge in [-0.25, -0.2) is 0 Å². The van der Waals surface area contributed by atoms with Crippen molar-refractivity contribution in [2.75, 3.05) is 20.2 Å². The number of piperidine rings is 1. The van der Waals surface area contributed by atoms with Crippen LogP contribution in [0, 0.1) is 11.3 Å². The highest BCUT2D eigenvalue weighted by Crippen LogP contribution is 2.23. The molecule has 0 aromatic rings. The molecule has 108 valence electrons. The van der Waals surface area contributed by atoms with Crippen molar-refractivity contribution in [2.45, 2.75) is 46.3 Å². The highest BCUT2D eigenvalue weighted by Gasteiger charge is 2.35. The maximum Gasteiger partial charge on any atom is 0.240 e. The molecule has 0 saturated carbocycles. The van der Waals surface area contributed by atoms with Crippen molar-refractivity contribution in [1.29, 1.82) is 0 Å². The Morgan fingerprint density at radius 3 is 2.44 bits per heavy atom. The lowest BCUT2D eigenvalue weighted by molar-refractivity contribution is -0.140. The van der Waals surface area contributed by atoms with E-state index in [-0.39, 0.29) is 29.8 Å². The number of carbonyl (C=O) groups is 1. The van der Waals surface area contributed by atoms with Crippen LogP contribution in [0.15, 0.2) is 0 Å². The van der Waals surface area contributed by atoms with Crippen LogP contribution in [-0.4, -0.2) is 43.2 Å². The van der Waals surface area contributed by atoms with E-state index in [0.717, 1.165) is 13.0 Å². The van der Waals surface area contributed by atoms with Gasteiger partial charge in [-0.05, 0) is 17.8 Å². The first-order chi connectivity index (χ1) is 7.77. The smallest absolute Gasteiger partial charge is 0.240 e. The fourth-order valence-corrected chi connectivity index (χ4v) is 2.11. The molecule has 5 heteroatoms. The van der Waals surface area contributed by atoms with Crippen LogP contribution in [0.5, 0.6) is 0 Å². The third kappa shape index (κ3) is 4.11. The Morgan fingerprint density at radius 2 is 2.00 bits per heavy atom. The van der Waals surface area contributed by atoms with E-state index in [1.54, 1.807) is 7.11 Å². The fraction of sp³-hybridized carbons (Fsp3) is 0.923. The van der Waals surface area contributed by atoms with Crippen LogP contribution in [-0.2, 0) is 9.53 Å². The van der Waals surface area contributed by atoms with Gasteiger partial charge in [0.2, 0.25) is 5.91 Å². The summed E-state index contributed by atoms with van der Waals surface area (Å²) in [5.41, 5.74) is 5.82. The van der Waals surface area contributed by atoms with E-state index in [4.69, 9.17) is 10.5 Å². The number of carbonyl (C=O) groups excluding carboxylic acids is 1. The molecule has 1 saturated heterocycles. The molecule has 1 aliphatic rings. The van der Waals surface area contributed by atoms with Crippen LogP contribution in [0.2, 0.25) is 0 Å². The summed E-state index contributed by atoms with van der Waals surface area (Å²) in [5, 5.41) is 0. The average Bonchev–Trinajstić information content (AvgIpc) is 2.26. The third-order valence-electron chi connectivity index (χ3n) is 3.70. The van der Waals surface area contributed by atoms with Gasteiger partial charge in [0.15, 0.2) is 0 Å². The second kappa shape index (κ2) is 6.73. The standard InChI is InChI=1S/C13H26N2O2.ClH/c1-9-6-7-15(8-10(9)17-5)12(16)11(14)13(2,3)4;/h9-11H,6-8,14H2,1-5H3;1H/t9?,10?,11-;/m1./s1. The first kappa shape index (κ1) is 17.7. The Kier molecular flexibility index (Phi) is 6.61. The average molecular weight is 279 g/mol. The summed E-state index contributed by atoms with van der Waals surface area (Å²) in [6.45, 7) is 9.62. The Morgan fingerprint density at radius 1 is 1.44 bits per heavy atom. The van der Waals surface area contributed by atoms with Crippen LogP contribution in [0.25, 0.3) is 0 Å². The van der Waals surface area contributed by atoms with E-state index in [1.165, 1.54) is 0 Å². The predicted octanol–water partition coefficient (Wildman–Crippen LogP) is 1.66. The second-order valence-electron chi connectivity index (χ2n) is 6.17. The molecule has 0 radical (unpaired) electrons. The Hall–Kier alpha value is -0.320. The van der Waals surface area contributed by atoms with Gasteiger partial charge in [-0.3, -0.25) is 4.79 Å². The number of halogens is 1. The molecule has 0 spiro atoms. The first-order valence-electron chi connectivity index (χ1n) is 6.34. The van der Waals surface area contributed by atoms with Crippen molar-refractivity contribution in [1.82, 2.24) is 4.90 Å². The van der Waals surface area contributed by atoms with Crippen LogP contribution < -0.4 is 5.73 Å². The molecule has 1 fully saturated rings. The summed E-state index contributed by atoms with van der Waals surface area (Å²) in [6, 6.07) is -0.437. The van der Waals surface area contributed by atoms with Gasteiger partial charge in [-0.15, -0.1) is 12.4 Å². The summed E-state index contributed by atoms with van der Waals surface area (Å²) < 4.78 is 5.41. The highest BCUT2D eigenvalue weighted by atomic mass is 35.5. The number of rotatable bonds is 2. The van der Waals surface area contributed by atoms with Crippen molar-refractivity contribution in [2.24, 2.45) is 17.1 Å². The van der Waals surface area contributed by atoms with E-state index in [2.05, 4.69) is 6.92 Å². The summed E-state index contributed by atoms with van der Waals surface area (Å²) in [7, 11) is 1.71. The van der Waals surface area contributed by atoms with Crippen molar-refractivity contribution in [3.8, 4) is 0 Å². The van der Waals surface area contributed by atoms with Crippen LogP contribution >= 0.6 is 12.4 Å². The van der Waals surface area contributed by atoms with Gasteiger partial charge in [0.1, 0.15) is 0 Å². The summed E-state index contributed by atoms with van der Waals surface area (Å²) in [5.74, 6) is 0.557. The van der Waals surface area contributed by atoms with Crippen LogP contribution in [0.3, 0.4) is 0 Å². The lowest BCUT2D eigenvalue weighted by atomic mass is 9.85. The molecule has 18 heavy (non-hydrogen) atoms. The number of nitrogens with zero attached hydrogens (tertiary/aromatic N) is 1. The Balaban J connectivity index is 0.00000289. The van der Waals surface area contributed by atoms with E-state index in [9.17, 15) is 4.79 Å². The van der Waals surface area contributed by atoms with Gasteiger partial charge in [0.25, 0.3) is 0 Å². The molecule has 1 amide bonds. The van der Waals surface area contributed by atoms with E-state index < -0.39 is 6.04 Å². The topological polar surface area (TPSA) is 55.6 Å². The van der Waals surface area contributed by atoms with Gasteiger partial charge in [-0.1, -0.05) is 27.7 Å². The monoisotopic (exact) mass is 278 g/mol. The highest BCUT2D eigenvalue weighted by molar-refractivity contribution is 5.85. The molecule has 1 heterocycles. The maximum atomic E-state index is 12.3. The molecule has 0 bridgehead atoms. The first-order valence-corrected chi connectivity index (χ1v) is 6.34. The van der Waals surface area contributed by atoms with Gasteiger partial charge in [0.05, 0.1) is 12.1 Å². The van der Waals surface area contributed by atoms with Gasteiger partial charge < -0.3 is 15.4 Å². The molecular weight excluding hydrogens is 252 g/mol. The van der Waals surface area contributed by atoms with E-state index in [0.29, 0.717) is 12.5 Å². The molecular formula is C13H27ClN2O2. The normalized spacial score (nSPS) is 26.4. The van der Waals surface area contributed by atoms with Gasteiger partial charge in [-0.2, -0.15) is 0 Å². The van der Waals surface area contributed by atoms with E-state index >= 15 is 0 Å². The summed E-state index contributed by atoms with van der Waals surface area (Å²) in [4.78, 5) is 14.1. The van der Waals surface area contributed by atoms with Crippen molar-refractivity contribution in [3.05, 3.63) is 0 Å². The van der Waals surface area contributed by atoms with Crippen LogP contribution in [0.4, 0.5) is 0 Å². The van der Waals surface area contributed by atoms with Crippen LogP contribution in [0.1, 0.15) is 34.1 Å². The molecule has 0 aromatic carbocycles. The minimum absolute atomic E-state index is 0. The molecule has 2 N–H and O–H groups in total. The minimum Gasteiger partial charge on any atom is -0.379 e. The Bertz CT molecular complexity index is 279. The number of hydrogen-bond acceptors (Lipinski definition) is 3. The molecule has 2 unspecified atom stereocenters. The SMILES string of the molecule is COC1CN(C(=O)[C@@H](N)C(C)(C)C)CCC1C.Cl. The predicted molar refractivity (Wildman–Crippen MR) is 75.8 cm³/mol. The lowest BCUT2D eigenvalue weighted by Gasteiger charge is -2.39. The van der Waals surface area contributed by atoms with E-state index in [1.807, 2.05) is 25.7 Å². The fourth-order valence-electron chi connectivity index (χ4n) is 2.11. The number of amides is 1. The van der Waals surface area contributed by atoms with Gasteiger partial charge >= 0.3 is 0 Å². The second-order valence-corrected chi connectivity index (χ2v) is 6.17. The molecule has 3 atom stereocenters. The molecule has 0 aliphatic carbocycles. The molecule has 4 nitrogen and oxygen atoms in total. The number of likely N-dealkylation sites (tertiary alicyclic amines) is 1. The largest absolute Gasteiger partial charge is 0.379 e. The number of nitrogens with two attached hydrogens (primary N) is 1. The maximum absolute atomic E-state index is 12.3. The number of hydrogen-bond donors (Lipinski definition) is 1. The zero-order valence-electron chi connectivity index (χ0n) is 12.1. The van der Waals surface area contributed by atoms with Crippen molar-refractivity contribution < 1.29 is 9.53 Å². The summed E-state index contributed by atoms with van der Waals surface area (Å²) in [6.07, 6.45) is 1.13. The van der Waals surface area contributed by atoms with Gasteiger partial charge in [0, 0.05) is 20.2 Å². The quantitative estimate of drug-likeness (QED) is 0.836. The lowest BCUT2D eigenvalue weighted by Crippen LogP contribution is -2.55. The van der Waals surface area contributed by atoms with Crippen molar-refractivity contribution >= 4 is 18.3 Å². The number of methoxy groups -OCH3 is 1. The number of ether oxygens (including phenoxy) is 1. The summed E-state index contributed by atoms with van der Waals surface area (Å²) >= 11 is 0. The zero-order valence-corrected chi connectivity index (χ0v) is 12.9. The third-order valence-corrected chi connectivity index (χ3v) is 3.70. The molecule has 0 aromatic heterocycles. The minimum atomic E-state index is -0.437. The molecule has 1 aliphatic heterocycles.